The molecule has 0 heterocycles. The van der Waals surface area contributed by atoms with Gasteiger partial charge < -0.3 is 10.6 Å². The molecule has 1 aliphatic carbocycles. The summed E-state index contributed by atoms with van der Waals surface area (Å²) in [6, 6.07) is 0.617. The van der Waals surface area contributed by atoms with E-state index in [0.717, 1.165) is 24.3 Å². The number of guanidine groups is 1. The van der Waals surface area contributed by atoms with E-state index < -0.39 is 0 Å². The third-order valence-electron chi connectivity index (χ3n) is 3.18. The fraction of sp³-hybridized carbons (Fsp3) is 0.923. The molecule has 1 rings (SSSR count). The molecule has 0 saturated heterocycles. The van der Waals surface area contributed by atoms with Crippen molar-refractivity contribution in [2.24, 2.45) is 4.99 Å². The monoisotopic (exact) mass is 257 g/mol. The SMILES string of the molecule is CCCCN=C(NCC)NC1CCC(SC)C1. The van der Waals surface area contributed by atoms with Crippen molar-refractivity contribution in [1.29, 1.82) is 0 Å². The first-order valence-corrected chi connectivity index (χ1v) is 8.16. The van der Waals surface area contributed by atoms with Gasteiger partial charge in [0, 0.05) is 24.4 Å². The lowest BCUT2D eigenvalue weighted by Gasteiger charge is -2.17. The van der Waals surface area contributed by atoms with E-state index in [2.05, 4.69) is 35.7 Å². The van der Waals surface area contributed by atoms with Gasteiger partial charge in [-0.05, 0) is 38.9 Å². The van der Waals surface area contributed by atoms with Crippen molar-refractivity contribution >= 4 is 17.7 Å². The zero-order chi connectivity index (χ0) is 12.5. The van der Waals surface area contributed by atoms with Gasteiger partial charge in [0.1, 0.15) is 0 Å². The standard InChI is InChI=1S/C13H27N3S/c1-4-6-9-15-13(14-5-2)16-11-7-8-12(10-11)17-3/h11-12H,4-10H2,1-3H3,(H2,14,15,16). The first-order chi connectivity index (χ1) is 8.30. The van der Waals surface area contributed by atoms with E-state index in [1.165, 1.54) is 32.1 Å². The van der Waals surface area contributed by atoms with Gasteiger partial charge in [-0.15, -0.1) is 0 Å². The zero-order valence-electron chi connectivity index (χ0n) is 11.5. The minimum Gasteiger partial charge on any atom is -0.357 e. The lowest BCUT2D eigenvalue weighted by atomic mass is 10.2. The molecule has 2 atom stereocenters. The molecule has 17 heavy (non-hydrogen) atoms. The zero-order valence-corrected chi connectivity index (χ0v) is 12.3. The van der Waals surface area contributed by atoms with E-state index in [1.54, 1.807) is 0 Å². The predicted octanol–water partition coefficient (Wildman–Crippen LogP) is 2.63. The number of nitrogens with one attached hydrogen (secondary N) is 2. The predicted molar refractivity (Wildman–Crippen MR) is 79.0 cm³/mol. The highest BCUT2D eigenvalue weighted by atomic mass is 32.2. The summed E-state index contributed by atoms with van der Waals surface area (Å²) in [5, 5.41) is 7.74. The van der Waals surface area contributed by atoms with Crippen molar-refractivity contribution in [3.8, 4) is 0 Å². The first kappa shape index (κ1) is 14.7. The lowest BCUT2D eigenvalue weighted by Crippen LogP contribution is -2.42. The van der Waals surface area contributed by atoms with E-state index >= 15 is 0 Å². The molecule has 0 aromatic heterocycles. The number of thioether (sulfide) groups is 1. The third kappa shape index (κ3) is 5.66. The molecular formula is C13H27N3S. The maximum absolute atomic E-state index is 4.61. The highest BCUT2D eigenvalue weighted by molar-refractivity contribution is 7.99. The molecule has 0 aliphatic heterocycles. The molecule has 2 unspecified atom stereocenters. The molecule has 100 valence electrons. The largest absolute Gasteiger partial charge is 0.357 e. The summed E-state index contributed by atoms with van der Waals surface area (Å²) < 4.78 is 0. The van der Waals surface area contributed by atoms with Gasteiger partial charge in [-0.2, -0.15) is 11.8 Å². The number of aliphatic imine (C=N–C) groups is 1. The van der Waals surface area contributed by atoms with Crippen LogP contribution >= 0.6 is 11.8 Å². The van der Waals surface area contributed by atoms with Gasteiger partial charge in [0.25, 0.3) is 0 Å². The van der Waals surface area contributed by atoms with Gasteiger partial charge in [-0.25, -0.2) is 0 Å². The molecule has 0 spiro atoms. The molecular weight excluding hydrogens is 230 g/mol. The average Bonchev–Trinajstić information content (AvgIpc) is 2.77. The summed E-state index contributed by atoms with van der Waals surface area (Å²) in [7, 11) is 0. The minimum absolute atomic E-state index is 0.617. The second-order valence-corrected chi connectivity index (χ2v) is 5.76. The minimum atomic E-state index is 0.617. The summed E-state index contributed by atoms with van der Waals surface area (Å²) in [6.45, 7) is 6.20. The average molecular weight is 257 g/mol. The highest BCUT2D eigenvalue weighted by Crippen LogP contribution is 2.27. The second kappa shape index (κ2) is 8.67. The molecule has 0 aromatic carbocycles. The Kier molecular flexibility index (Phi) is 7.49. The molecule has 1 fully saturated rings. The maximum Gasteiger partial charge on any atom is 0.191 e. The third-order valence-corrected chi connectivity index (χ3v) is 4.28. The maximum atomic E-state index is 4.61. The number of nitrogens with zero attached hydrogens (tertiary/aromatic N) is 1. The van der Waals surface area contributed by atoms with Crippen LogP contribution in [0.5, 0.6) is 0 Å². The summed E-state index contributed by atoms with van der Waals surface area (Å²) in [5.74, 6) is 1.01. The molecule has 3 nitrogen and oxygen atoms in total. The Morgan fingerprint density at radius 2 is 2.18 bits per heavy atom. The van der Waals surface area contributed by atoms with Crippen molar-refractivity contribution in [2.45, 2.75) is 57.2 Å². The quantitative estimate of drug-likeness (QED) is 0.436. The van der Waals surface area contributed by atoms with Gasteiger partial charge in [-0.3, -0.25) is 4.99 Å². The van der Waals surface area contributed by atoms with E-state index in [9.17, 15) is 0 Å². The lowest BCUT2D eigenvalue weighted by molar-refractivity contribution is 0.614. The van der Waals surface area contributed by atoms with Crippen LogP contribution in [0.4, 0.5) is 0 Å². The van der Waals surface area contributed by atoms with Crippen LogP contribution in [0.15, 0.2) is 4.99 Å². The smallest absolute Gasteiger partial charge is 0.191 e. The van der Waals surface area contributed by atoms with Gasteiger partial charge in [0.15, 0.2) is 5.96 Å². The normalized spacial score (nSPS) is 25.0. The van der Waals surface area contributed by atoms with Crippen molar-refractivity contribution < 1.29 is 0 Å². The Morgan fingerprint density at radius 3 is 2.76 bits per heavy atom. The van der Waals surface area contributed by atoms with E-state index in [0.29, 0.717) is 6.04 Å². The van der Waals surface area contributed by atoms with E-state index in [-0.39, 0.29) is 0 Å². The Labute approximate surface area is 110 Å². The van der Waals surface area contributed by atoms with E-state index in [4.69, 9.17) is 0 Å². The summed E-state index contributed by atoms with van der Waals surface area (Å²) in [4.78, 5) is 4.61. The molecule has 0 aromatic rings. The number of hydrogen-bond donors (Lipinski definition) is 2. The summed E-state index contributed by atoms with van der Waals surface area (Å²) in [5.41, 5.74) is 0. The van der Waals surface area contributed by atoms with Crippen LogP contribution in [-0.2, 0) is 0 Å². The molecule has 4 heteroatoms. The van der Waals surface area contributed by atoms with Crippen molar-refractivity contribution in [2.75, 3.05) is 19.3 Å². The molecule has 0 amide bonds. The van der Waals surface area contributed by atoms with Crippen LogP contribution < -0.4 is 10.6 Å². The molecule has 0 bridgehead atoms. The van der Waals surface area contributed by atoms with Crippen LogP contribution in [0.25, 0.3) is 0 Å². The fourth-order valence-electron chi connectivity index (χ4n) is 2.15. The van der Waals surface area contributed by atoms with Gasteiger partial charge in [0.2, 0.25) is 0 Å². The Hall–Kier alpha value is -0.380. The topological polar surface area (TPSA) is 36.4 Å². The van der Waals surface area contributed by atoms with Crippen LogP contribution in [0.1, 0.15) is 46.0 Å². The highest BCUT2D eigenvalue weighted by Gasteiger charge is 2.24. The Morgan fingerprint density at radius 1 is 1.35 bits per heavy atom. The molecule has 2 N–H and O–H groups in total. The van der Waals surface area contributed by atoms with Gasteiger partial charge in [0.05, 0.1) is 0 Å². The first-order valence-electron chi connectivity index (χ1n) is 6.87. The number of unbranched alkanes of at least 4 members (excludes halogenated alkanes) is 1. The number of hydrogen-bond acceptors (Lipinski definition) is 2. The van der Waals surface area contributed by atoms with Crippen molar-refractivity contribution in [1.82, 2.24) is 10.6 Å². The Bertz CT molecular complexity index is 231. The van der Waals surface area contributed by atoms with Crippen LogP contribution in [0.3, 0.4) is 0 Å². The van der Waals surface area contributed by atoms with E-state index in [1.807, 2.05) is 11.8 Å². The second-order valence-electron chi connectivity index (χ2n) is 4.63. The molecule has 1 aliphatic rings. The Balaban J connectivity index is 2.35. The summed E-state index contributed by atoms with van der Waals surface area (Å²) >= 11 is 2.00. The molecule has 1 saturated carbocycles. The summed E-state index contributed by atoms with van der Waals surface area (Å²) in [6.07, 6.45) is 8.50. The van der Waals surface area contributed by atoms with Crippen LogP contribution in [0.2, 0.25) is 0 Å². The fourth-order valence-corrected chi connectivity index (χ4v) is 2.94. The van der Waals surface area contributed by atoms with Gasteiger partial charge in [-0.1, -0.05) is 13.3 Å². The van der Waals surface area contributed by atoms with Crippen molar-refractivity contribution in [3.05, 3.63) is 0 Å². The molecule has 0 radical (unpaired) electrons. The number of rotatable bonds is 6. The van der Waals surface area contributed by atoms with Crippen LogP contribution in [-0.4, -0.2) is 36.6 Å². The van der Waals surface area contributed by atoms with Crippen molar-refractivity contribution in [3.63, 3.8) is 0 Å². The van der Waals surface area contributed by atoms with Gasteiger partial charge >= 0.3 is 0 Å². The van der Waals surface area contributed by atoms with Crippen LogP contribution in [0, 0.1) is 0 Å².